The third kappa shape index (κ3) is 4.75. The van der Waals surface area contributed by atoms with Crippen LogP contribution in [0.25, 0.3) is 0 Å². The van der Waals surface area contributed by atoms with Gasteiger partial charge in [0.15, 0.2) is 0 Å². The zero-order valence-electron chi connectivity index (χ0n) is 11.1. The molecule has 1 fully saturated rings. The van der Waals surface area contributed by atoms with Crippen LogP contribution in [0, 0.1) is 17.1 Å². The van der Waals surface area contributed by atoms with E-state index >= 15 is 0 Å². The van der Waals surface area contributed by atoms with E-state index in [4.69, 9.17) is 5.26 Å². The summed E-state index contributed by atoms with van der Waals surface area (Å²) in [5, 5.41) is 11.9. The molecule has 0 aromatic heterocycles. The first-order valence-electron chi connectivity index (χ1n) is 6.06. The highest BCUT2D eigenvalue weighted by molar-refractivity contribution is 5.85. The summed E-state index contributed by atoms with van der Waals surface area (Å²) >= 11 is 0. The molecule has 0 spiro atoms. The van der Waals surface area contributed by atoms with Gasteiger partial charge < -0.3 is 5.32 Å². The third-order valence-electron chi connectivity index (χ3n) is 3.24. The zero-order chi connectivity index (χ0) is 13.8. The molecule has 1 atom stereocenters. The van der Waals surface area contributed by atoms with Crippen molar-refractivity contribution in [3.05, 3.63) is 35.1 Å². The first-order valence-corrected chi connectivity index (χ1v) is 6.06. The second-order valence-electron chi connectivity index (χ2n) is 4.42. The minimum absolute atomic E-state index is 0. The number of hydrogen-bond acceptors (Lipinski definition) is 3. The summed E-state index contributed by atoms with van der Waals surface area (Å²) in [6.45, 7) is 2.31. The Hall–Kier alpha value is -1.00. The molecule has 118 valence electrons. The van der Waals surface area contributed by atoms with Gasteiger partial charge in [-0.05, 0) is 17.7 Å². The van der Waals surface area contributed by atoms with Gasteiger partial charge in [-0.1, -0.05) is 6.07 Å². The van der Waals surface area contributed by atoms with Crippen LogP contribution in [-0.2, 0) is 0 Å². The minimum atomic E-state index is -2.57. The van der Waals surface area contributed by atoms with E-state index in [0.717, 1.165) is 6.07 Å². The zero-order valence-corrected chi connectivity index (χ0v) is 12.7. The van der Waals surface area contributed by atoms with Gasteiger partial charge in [0, 0.05) is 26.2 Å². The molecule has 0 amide bonds. The molecule has 0 unspecified atom stereocenters. The van der Waals surface area contributed by atoms with E-state index in [1.807, 2.05) is 0 Å². The molecule has 0 saturated carbocycles. The molecule has 3 nitrogen and oxygen atoms in total. The van der Waals surface area contributed by atoms with E-state index in [1.165, 1.54) is 12.1 Å². The van der Waals surface area contributed by atoms with E-state index in [2.05, 4.69) is 5.32 Å². The van der Waals surface area contributed by atoms with Gasteiger partial charge in [0.25, 0.3) is 6.43 Å². The molecule has 1 aromatic carbocycles. The van der Waals surface area contributed by atoms with E-state index in [9.17, 15) is 13.2 Å². The van der Waals surface area contributed by atoms with E-state index < -0.39 is 18.3 Å². The molecule has 0 radical (unpaired) electrons. The van der Waals surface area contributed by atoms with Crippen molar-refractivity contribution in [2.24, 2.45) is 0 Å². The molecule has 0 aliphatic carbocycles. The van der Waals surface area contributed by atoms with Crippen molar-refractivity contribution >= 4 is 24.8 Å². The van der Waals surface area contributed by atoms with Gasteiger partial charge in [0.1, 0.15) is 11.9 Å². The van der Waals surface area contributed by atoms with Crippen molar-refractivity contribution in [1.82, 2.24) is 10.2 Å². The Morgan fingerprint density at radius 1 is 1.19 bits per heavy atom. The van der Waals surface area contributed by atoms with Crippen LogP contribution < -0.4 is 5.32 Å². The minimum Gasteiger partial charge on any atom is -0.314 e. The second-order valence-corrected chi connectivity index (χ2v) is 4.42. The fourth-order valence-electron chi connectivity index (χ4n) is 2.29. The normalized spacial score (nSPS) is 16.5. The van der Waals surface area contributed by atoms with Crippen LogP contribution in [0.2, 0.25) is 0 Å². The largest absolute Gasteiger partial charge is 0.314 e. The maximum absolute atomic E-state index is 13.3. The van der Waals surface area contributed by atoms with Gasteiger partial charge in [0.2, 0.25) is 0 Å². The monoisotopic (exact) mass is 341 g/mol. The van der Waals surface area contributed by atoms with Crippen LogP contribution in [0.5, 0.6) is 0 Å². The number of nitrogens with one attached hydrogen (secondary N) is 1. The number of benzene rings is 1. The van der Waals surface area contributed by atoms with Crippen LogP contribution >= 0.6 is 24.8 Å². The lowest BCUT2D eigenvalue weighted by Crippen LogP contribution is -2.46. The highest BCUT2D eigenvalue weighted by atomic mass is 35.5. The predicted molar refractivity (Wildman–Crippen MR) is 78.8 cm³/mol. The molecule has 1 heterocycles. The molecule has 8 heteroatoms. The lowest BCUT2D eigenvalue weighted by molar-refractivity contribution is 0.0181. The summed E-state index contributed by atoms with van der Waals surface area (Å²) in [4.78, 5) is 1.66. The maximum atomic E-state index is 13.3. The fraction of sp³-hybridized carbons (Fsp3) is 0.462. The van der Waals surface area contributed by atoms with Crippen molar-refractivity contribution in [2.75, 3.05) is 26.2 Å². The number of hydrogen-bond donors (Lipinski definition) is 1. The SMILES string of the molecule is Cl.Cl.N#Cc1cc([C@H](C(F)F)N2CCNCC2)ccc1F. The molecule has 1 saturated heterocycles. The number of nitriles is 1. The Morgan fingerprint density at radius 2 is 1.81 bits per heavy atom. The molecule has 1 aromatic rings. The van der Waals surface area contributed by atoms with E-state index in [0.29, 0.717) is 26.2 Å². The molecule has 1 N–H and O–H groups in total. The summed E-state index contributed by atoms with van der Waals surface area (Å²) < 4.78 is 39.8. The highest BCUT2D eigenvalue weighted by Crippen LogP contribution is 2.28. The molecule has 1 aliphatic heterocycles. The first kappa shape index (κ1) is 20.0. The Bertz CT molecular complexity index is 488. The lowest BCUT2D eigenvalue weighted by atomic mass is 10.0. The number of rotatable bonds is 3. The number of nitrogens with zero attached hydrogens (tertiary/aromatic N) is 2. The van der Waals surface area contributed by atoms with Crippen LogP contribution in [0.4, 0.5) is 13.2 Å². The van der Waals surface area contributed by atoms with Gasteiger partial charge in [-0.15, -0.1) is 24.8 Å². The number of halogens is 5. The topological polar surface area (TPSA) is 39.1 Å². The Labute approximate surface area is 133 Å². The number of alkyl halides is 2. The molecule has 0 bridgehead atoms. The van der Waals surface area contributed by atoms with Crippen molar-refractivity contribution < 1.29 is 13.2 Å². The maximum Gasteiger partial charge on any atom is 0.258 e. The molecular weight excluding hydrogens is 326 g/mol. The van der Waals surface area contributed by atoms with Crippen molar-refractivity contribution in [3.8, 4) is 6.07 Å². The molecule has 21 heavy (non-hydrogen) atoms. The summed E-state index contributed by atoms with van der Waals surface area (Å²) in [5.41, 5.74) is 0.0909. The average molecular weight is 342 g/mol. The third-order valence-corrected chi connectivity index (χ3v) is 3.24. The highest BCUT2D eigenvalue weighted by Gasteiger charge is 2.30. The smallest absolute Gasteiger partial charge is 0.258 e. The Kier molecular flexibility index (Phi) is 8.67. The summed E-state index contributed by atoms with van der Waals surface area (Å²) in [7, 11) is 0. The van der Waals surface area contributed by atoms with Crippen LogP contribution in [0.15, 0.2) is 18.2 Å². The average Bonchev–Trinajstić information content (AvgIpc) is 2.41. The van der Waals surface area contributed by atoms with Crippen molar-refractivity contribution in [1.29, 1.82) is 5.26 Å². The summed E-state index contributed by atoms with van der Waals surface area (Å²) in [6.07, 6.45) is -2.57. The van der Waals surface area contributed by atoms with Gasteiger partial charge in [-0.3, -0.25) is 4.90 Å². The van der Waals surface area contributed by atoms with Gasteiger partial charge in [0.05, 0.1) is 11.6 Å². The van der Waals surface area contributed by atoms with Gasteiger partial charge in [-0.2, -0.15) is 5.26 Å². The van der Waals surface area contributed by atoms with Gasteiger partial charge in [-0.25, -0.2) is 13.2 Å². The van der Waals surface area contributed by atoms with Gasteiger partial charge >= 0.3 is 0 Å². The molecule has 2 rings (SSSR count). The van der Waals surface area contributed by atoms with E-state index in [-0.39, 0.29) is 35.9 Å². The number of piperazine rings is 1. The quantitative estimate of drug-likeness (QED) is 0.918. The van der Waals surface area contributed by atoms with Crippen LogP contribution in [0.1, 0.15) is 17.2 Å². The Balaban J connectivity index is 0.00000200. The Morgan fingerprint density at radius 3 is 2.33 bits per heavy atom. The molecule has 1 aliphatic rings. The first-order chi connectivity index (χ1) is 9.13. The summed E-state index contributed by atoms with van der Waals surface area (Å²) in [6, 6.07) is 4.21. The van der Waals surface area contributed by atoms with Crippen LogP contribution in [0.3, 0.4) is 0 Å². The van der Waals surface area contributed by atoms with Crippen molar-refractivity contribution in [2.45, 2.75) is 12.5 Å². The predicted octanol–water partition coefficient (Wildman–Crippen LogP) is 2.75. The van der Waals surface area contributed by atoms with E-state index in [1.54, 1.807) is 11.0 Å². The standard InChI is InChI=1S/C13H14F3N3.2ClH/c14-11-2-1-9(7-10(11)8-17)12(13(15)16)19-5-3-18-4-6-19;;/h1-2,7,12-13,18H,3-6H2;2*1H/t12-;;/m1../s1. The molecular formula is C13H16Cl2F3N3. The van der Waals surface area contributed by atoms with Crippen LogP contribution in [-0.4, -0.2) is 37.5 Å². The summed E-state index contributed by atoms with van der Waals surface area (Å²) in [5.74, 6) is -0.681. The van der Waals surface area contributed by atoms with Crippen molar-refractivity contribution in [3.63, 3.8) is 0 Å². The lowest BCUT2D eigenvalue weighted by Gasteiger charge is -2.34. The second kappa shape index (κ2) is 9.11. The fourth-order valence-corrected chi connectivity index (χ4v) is 2.29.